The van der Waals surface area contributed by atoms with Gasteiger partial charge in [0, 0.05) is 46.7 Å². The number of anilines is 2. The molecule has 168 valence electrons. The van der Waals surface area contributed by atoms with E-state index in [-0.39, 0.29) is 12.0 Å². The molecule has 1 atom stereocenters. The molecule has 0 saturated heterocycles. The van der Waals surface area contributed by atoms with E-state index in [1.54, 1.807) is 34.9 Å². The third-order valence-electron chi connectivity index (χ3n) is 5.17. The smallest absolute Gasteiger partial charge is 0.255 e. The van der Waals surface area contributed by atoms with Crippen LogP contribution in [0.4, 0.5) is 11.5 Å². The van der Waals surface area contributed by atoms with Crippen LogP contribution < -0.4 is 15.8 Å². The molecular formula is C25H25N5O2S. The molecular weight excluding hydrogens is 434 g/mol. The van der Waals surface area contributed by atoms with Crippen molar-refractivity contribution < 1.29 is 9.53 Å². The molecule has 2 aromatic carbocycles. The van der Waals surface area contributed by atoms with Crippen molar-refractivity contribution in [1.82, 2.24) is 14.8 Å². The van der Waals surface area contributed by atoms with E-state index in [0.717, 1.165) is 21.6 Å². The maximum Gasteiger partial charge on any atom is 0.255 e. The van der Waals surface area contributed by atoms with Gasteiger partial charge in [0.15, 0.2) is 11.6 Å². The number of thioether (sulfide) groups is 1. The Hall–Kier alpha value is -3.78. The molecule has 33 heavy (non-hydrogen) atoms. The first-order valence-corrected chi connectivity index (χ1v) is 11.6. The molecule has 0 aliphatic heterocycles. The van der Waals surface area contributed by atoms with E-state index in [1.165, 1.54) is 0 Å². The van der Waals surface area contributed by atoms with E-state index in [1.807, 2.05) is 75.0 Å². The van der Waals surface area contributed by atoms with Crippen LogP contribution in [0.1, 0.15) is 28.9 Å². The first-order chi connectivity index (χ1) is 15.9. The fourth-order valence-electron chi connectivity index (χ4n) is 3.37. The standard InChI is InChI=1S/C25H25N5O2S/c1-16(32-23-12-19(13-27-24(23)26)20-14-28-30(2)15-20)17-6-4-8-21(10-17)29-25(31)18-7-5-9-22(11-18)33-3/h4-16H,1-3H3,(H2,26,27)(H,29,31)/t16-/m0/s1. The molecule has 7 nitrogen and oxygen atoms in total. The van der Waals surface area contributed by atoms with Crippen LogP contribution in [0, 0.1) is 0 Å². The summed E-state index contributed by atoms with van der Waals surface area (Å²) in [5.41, 5.74) is 10.1. The summed E-state index contributed by atoms with van der Waals surface area (Å²) in [5, 5.41) is 7.16. The van der Waals surface area contributed by atoms with Crippen molar-refractivity contribution in [3.63, 3.8) is 0 Å². The van der Waals surface area contributed by atoms with Crippen LogP contribution in [-0.2, 0) is 7.05 Å². The summed E-state index contributed by atoms with van der Waals surface area (Å²) in [6.45, 7) is 1.93. The fraction of sp³-hybridized carbons (Fsp3) is 0.160. The van der Waals surface area contributed by atoms with E-state index in [9.17, 15) is 4.79 Å². The molecule has 0 bridgehead atoms. The number of hydrogen-bond acceptors (Lipinski definition) is 6. The Labute approximate surface area is 197 Å². The normalized spacial score (nSPS) is 11.7. The van der Waals surface area contributed by atoms with Gasteiger partial charge in [-0.25, -0.2) is 4.98 Å². The Bertz CT molecular complexity index is 1290. The fourth-order valence-corrected chi connectivity index (χ4v) is 3.83. The summed E-state index contributed by atoms with van der Waals surface area (Å²) >= 11 is 1.60. The average molecular weight is 460 g/mol. The number of benzene rings is 2. The second-order valence-electron chi connectivity index (χ2n) is 7.58. The van der Waals surface area contributed by atoms with Crippen molar-refractivity contribution in [2.24, 2.45) is 7.05 Å². The lowest BCUT2D eigenvalue weighted by molar-refractivity contribution is 0.102. The second-order valence-corrected chi connectivity index (χ2v) is 8.46. The summed E-state index contributed by atoms with van der Waals surface area (Å²) in [4.78, 5) is 18.0. The van der Waals surface area contributed by atoms with Gasteiger partial charge in [0.1, 0.15) is 6.10 Å². The van der Waals surface area contributed by atoms with Crippen LogP contribution in [0.2, 0.25) is 0 Å². The summed E-state index contributed by atoms with van der Waals surface area (Å²) in [7, 11) is 1.86. The largest absolute Gasteiger partial charge is 0.482 e. The van der Waals surface area contributed by atoms with Gasteiger partial charge in [-0.2, -0.15) is 5.10 Å². The number of hydrogen-bond donors (Lipinski definition) is 2. The van der Waals surface area contributed by atoms with Crippen LogP contribution in [0.25, 0.3) is 11.1 Å². The molecule has 4 rings (SSSR count). The lowest BCUT2D eigenvalue weighted by Gasteiger charge is -2.17. The van der Waals surface area contributed by atoms with Gasteiger partial charge in [-0.3, -0.25) is 9.48 Å². The SMILES string of the molecule is CSc1cccc(C(=O)Nc2cccc([C@H](C)Oc3cc(-c4cnn(C)c4)cnc3N)c2)c1. The number of nitrogens with zero attached hydrogens (tertiary/aromatic N) is 3. The minimum atomic E-state index is -0.310. The molecule has 2 heterocycles. The van der Waals surface area contributed by atoms with Crippen LogP contribution in [0.5, 0.6) is 5.75 Å². The van der Waals surface area contributed by atoms with Crippen molar-refractivity contribution in [3.8, 4) is 16.9 Å². The van der Waals surface area contributed by atoms with E-state index < -0.39 is 0 Å². The van der Waals surface area contributed by atoms with Gasteiger partial charge in [0.2, 0.25) is 0 Å². The summed E-state index contributed by atoms with van der Waals surface area (Å²) < 4.78 is 7.87. The number of amides is 1. The summed E-state index contributed by atoms with van der Waals surface area (Å²) in [6, 6.07) is 17.0. The highest BCUT2D eigenvalue weighted by atomic mass is 32.2. The van der Waals surface area contributed by atoms with Crippen molar-refractivity contribution >= 4 is 29.2 Å². The van der Waals surface area contributed by atoms with Crippen molar-refractivity contribution in [3.05, 3.63) is 84.3 Å². The van der Waals surface area contributed by atoms with E-state index >= 15 is 0 Å². The minimum Gasteiger partial charge on any atom is -0.482 e. The second kappa shape index (κ2) is 9.79. The quantitative estimate of drug-likeness (QED) is 0.370. The number of nitrogens with one attached hydrogen (secondary N) is 1. The first-order valence-electron chi connectivity index (χ1n) is 10.4. The number of nitrogens with two attached hydrogens (primary N) is 1. The van der Waals surface area contributed by atoms with E-state index in [4.69, 9.17) is 10.5 Å². The highest BCUT2D eigenvalue weighted by Crippen LogP contribution is 2.31. The number of aryl methyl sites for hydroxylation is 1. The lowest BCUT2D eigenvalue weighted by Crippen LogP contribution is -2.12. The lowest BCUT2D eigenvalue weighted by atomic mass is 10.1. The molecule has 8 heteroatoms. The van der Waals surface area contributed by atoms with Crippen LogP contribution in [0.15, 0.2) is 78.1 Å². The molecule has 0 aliphatic carbocycles. The number of pyridine rings is 1. The summed E-state index contributed by atoms with van der Waals surface area (Å²) in [5.74, 6) is 0.647. The number of ether oxygens (including phenoxy) is 1. The third-order valence-corrected chi connectivity index (χ3v) is 5.89. The van der Waals surface area contributed by atoms with Gasteiger partial charge in [-0.15, -0.1) is 11.8 Å². The number of nitrogen functional groups attached to an aromatic ring is 1. The van der Waals surface area contributed by atoms with Crippen LogP contribution in [-0.4, -0.2) is 26.9 Å². The molecule has 1 amide bonds. The number of carbonyl (C=O) groups excluding carboxylic acids is 1. The van der Waals surface area contributed by atoms with Gasteiger partial charge in [-0.1, -0.05) is 18.2 Å². The maximum atomic E-state index is 12.7. The van der Waals surface area contributed by atoms with Gasteiger partial charge in [0.05, 0.1) is 6.20 Å². The zero-order valence-electron chi connectivity index (χ0n) is 18.6. The predicted octanol–water partition coefficient (Wildman–Crippen LogP) is 5.18. The van der Waals surface area contributed by atoms with Gasteiger partial charge >= 0.3 is 0 Å². The molecule has 0 unspecified atom stereocenters. The average Bonchev–Trinajstić information content (AvgIpc) is 3.27. The van der Waals surface area contributed by atoms with E-state index in [0.29, 0.717) is 22.8 Å². The molecule has 4 aromatic rings. The molecule has 3 N–H and O–H groups in total. The van der Waals surface area contributed by atoms with Gasteiger partial charge < -0.3 is 15.8 Å². The third kappa shape index (κ3) is 5.35. The predicted molar refractivity (Wildman–Crippen MR) is 133 cm³/mol. The van der Waals surface area contributed by atoms with Crippen molar-refractivity contribution in [2.75, 3.05) is 17.3 Å². The number of aromatic nitrogens is 3. The van der Waals surface area contributed by atoms with E-state index in [2.05, 4.69) is 15.4 Å². The summed E-state index contributed by atoms with van der Waals surface area (Å²) in [6.07, 6.45) is 7.04. The Morgan fingerprint density at radius 3 is 2.70 bits per heavy atom. The molecule has 0 radical (unpaired) electrons. The van der Waals surface area contributed by atoms with Gasteiger partial charge in [0.25, 0.3) is 5.91 Å². The Kier molecular flexibility index (Phi) is 6.65. The van der Waals surface area contributed by atoms with Gasteiger partial charge in [-0.05, 0) is 55.1 Å². The monoisotopic (exact) mass is 459 g/mol. The van der Waals surface area contributed by atoms with Crippen LogP contribution in [0.3, 0.4) is 0 Å². The Morgan fingerprint density at radius 2 is 1.94 bits per heavy atom. The highest BCUT2D eigenvalue weighted by Gasteiger charge is 2.14. The molecule has 2 aromatic heterocycles. The van der Waals surface area contributed by atoms with Crippen molar-refractivity contribution in [1.29, 1.82) is 0 Å². The molecule has 0 fully saturated rings. The zero-order chi connectivity index (χ0) is 23.4. The first kappa shape index (κ1) is 22.4. The van der Waals surface area contributed by atoms with Crippen molar-refractivity contribution in [2.45, 2.75) is 17.9 Å². The number of rotatable bonds is 7. The number of carbonyl (C=O) groups is 1. The Morgan fingerprint density at radius 1 is 1.12 bits per heavy atom. The molecule has 0 aliphatic rings. The zero-order valence-corrected chi connectivity index (χ0v) is 19.5. The molecule has 0 spiro atoms. The Balaban J connectivity index is 1.50. The maximum absolute atomic E-state index is 12.7. The minimum absolute atomic E-state index is 0.158. The topological polar surface area (TPSA) is 95.1 Å². The van der Waals surface area contributed by atoms with Crippen LogP contribution >= 0.6 is 11.8 Å². The molecule has 0 saturated carbocycles. The highest BCUT2D eigenvalue weighted by molar-refractivity contribution is 7.98.